The fourth-order valence-electron chi connectivity index (χ4n) is 3.17. The van der Waals surface area contributed by atoms with Crippen LogP contribution in [-0.2, 0) is 19.4 Å². The lowest BCUT2D eigenvalue weighted by Crippen LogP contribution is -2.14. The average molecular weight is 318 g/mol. The van der Waals surface area contributed by atoms with Crippen LogP contribution in [0.5, 0.6) is 0 Å². The Morgan fingerprint density at radius 1 is 1.32 bits per heavy atom. The highest BCUT2D eigenvalue weighted by atomic mass is 35.5. The van der Waals surface area contributed by atoms with Gasteiger partial charge in [-0.3, -0.25) is 9.48 Å². The molecule has 2 aromatic rings. The van der Waals surface area contributed by atoms with E-state index in [1.165, 1.54) is 17.5 Å². The second-order valence-electron chi connectivity index (χ2n) is 5.75. The molecule has 0 saturated heterocycles. The molecule has 0 spiro atoms. The third-order valence-electron chi connectivity index (χ3n) is 4.26. The van der Waals surface area contributed by atoms with Crippen LogP contribution in [0.15, 0.2) is 18.2 Å². The van der Waals surface area contributed by atoms with Crippen LogP contribution in [0, 0.1) is 13.8 Å². The van der Waals surface area contributed by atoms with Crippen molar-refractivity contribution in [3.8, 4) is 0 Å². The molecule has 1 aromatic carbocycles. The average Bonchev–Trinajstić information content (AvgIpc) is 3.04. The van der Waals surface area contributed by atoms with Crippen molar-refractivity contribution < 1.29 is 4.79 Å². The second-order valence-corrected chi connectivity index (χ2v) is 6.13. The first-order chi connectivity index (χ1) is 10.6. The van der Waals surface area contributed by atoms with E-state index in [1.807, 2.05) is 19.9 Å². The first-order valence-electron chi connectivity index (χ1n) is 7.63. The third-order valence-corrected chi connectivity index (χ3v) is 4.43. The predicted octanol–water partition coefficient (Wildman–Crippen LogP) is 3.48. The summed E-state index contributed by atoms with van der Waals surface area (Å²) in [6.45, 7) is 4.37. The zero-order valence-electron chi connectivity index (χ0n) is 12.9. The highest BCUT2D eigenvalue weighted by Crippen LogP contribution is 2.25. The molecule has 116 valence electrons. The number of hydrogen-bond acceptors (Lipinski definition) is 2. The van der Waals surface area contributed by atoms with E-state index in [9.17, 15) is 4.79 Å². The number of hydrogen-bond donors (Lipinski definition) is 1. The third kappa shape index (κ3) is 2.75. The van der Waals surface area contributed by atoms with Crippen molar-refractivity contribution in [2.24, 2.45) is 0 Å². The summed E-state index contributed by atoms with van der Waals surface area (Å²) in [5.74, 6) is 0.377. The Labute approximate surface area is 135 Å². The number of nitrogens with one attached hydrogen (secondary N) is 1. The number of nitrogens with zero attached hydrogens (tertiary/aromatic N) is 2. The number of aryl methyl sites for hydroxylation is 4. The second kappa shape index (κ2) is 6.13. The molecule has 5 heteroatoms. The molecule has 4 nitrogen and oxygen atoms in total. The van der Waals surface area contributed by atoms with E-state index in [2.05, 4.69) is 22.5 Å². The Balaban J connectivity index is 1.83. The summed E-state index contributed by atoms with van der Waals surface area (Å²) in [5.41, 5.74) is 5.85. The molecule has 1 aliphatic rings. The number of fused-ring (bicyclic) bond motifs is 1. The van der Waals surface area contributed by atoms with Crippen molar-refractivity contribution in [1.29, 1.82) is 0 Å². The quantitative estimate of drug-likeness (QED) is 0.878. The van der Waals surface area contributed by atoms with Gasteiger partial charge in [0, 0.05) is 17.3 Å². The van der Waals surface area contributed by atoms with Gasteiger partial charge in [-0.25, -0.2) is 0 Å². The van der Waals surface area contributed by atoms with E-state index in [4.69, 9.17) is 11.6 Å². The van der Waals surface area contributed by atoms with E-state index in [-0.39, 0.29) is 5.91 Å². The van der Waals surface area contributed by atoms with Crippen LogP contribution in [0.4, 0.5) is 5.69 Å². The Hall–Kier alpha value is -1.81. The first-order valence-corrected chi connectivity index (χ1v) is 8.16. The van der Waals surface area contributed by atoms with Crippen LogP contribution >= 0.6 is 11.6 Å². The van der Waals surface area contributed by atoms with Crippen LogP contribution in [0.2, 0.25) is 0 Å². The van der Waals surface area contributed by atoms with Gasteiger partial charge in [0.15, 0.2) is 0 Å². The molecule has 22 heavy (non-hydrogen) atoms. The van der Waals surface area contributed by atoms with Gasteiger partial charge in [-0.05, 0) is 56.4 Å². The molecule has 3 rings (SSSR count). The van der Waals surface area contributed by atoms with Crippen LogP contribution in [0.25, 0.3) is 0 Å². The largest absolute Gasteiger partial charge is 0.322 e. The zero-order chi connectivity index (χ0) is 15.7. The summed E-state index contributed by atoms with van der Waals surface area (Å²) in [6, 6.07) is 6.19. The zero-order valence-corrected chi connectivity index (χ0v) is 13.7. The maximum atomic E-state index is 12.6. The molecule has 1 heterocycles. The lowest BCUT2D eigenvalue weighted by atomic mass is 10.1. The Morgan fingerprint density at radius 2 is 2.09 bits per heavy atom. The van der Waals surface area contributed by atoms with Gasteiger partial charge >= 0.3 is 0 Å². The SMILES string of the molecule is Cc1nn(CCCl)c(C)c1C(=O)Nc1ccc2c(c1)CCC2. The molecule has 0 radical (unpaired) electrons. The van der Waals surface area contributed by atoms with Gasteiger partial charge in [0.25, 0.3) is 5.91 Å². The van der Waals surface area contributed by atoms with Crippen molar-refractivity contribution in [3.05, 3.63) is 46.3 Å². The van der Waals surface area contributed by atoms with E-state index >= 15 is 0 Å². The lowest BCUT2D eigenvalue weighted by molar-refractivity contribution is 0.102. The summed E-state index contributed by atoms with van der Waals surface area (Å²) in [5, 5.41) is 7.39. The molecule has 0 atom stereocenters. The summed E-state index contributed by atoms with van der Waals surface area (Å²) in [4.78, 5) is 12.6. The maximum absolute atomic E-state index is 12.6. The number of amides is 1. The Bertz CT molecular complexity index is 721. The lowest BCUT2D eigenvalue weighted by Gasteiger charge is -2.08. The molecule has 1 aliphatic carbocycles. The number of carbonyl (C=O) groups is 1. The number of rotatable bonds is 4. The molecule has 1 aromatic heterocycles. The monoisotopic (exact) mass is 317 g/mol. The standard InChI is InChI=1S/C17H20ClN3O/c1-11-16(12(2)21(20-11)9-8-18)17(22)19-15-7-6-13-4-3-5-14(13)10-15/h6-7,10H,3-5,8-9H2,1-2H3,(H,19,22). The summed E-state index contributed by atoms with van der Waals surface area (Å²) in [6.07, 6.45) is 3.45. The normalized spacial score (nSPS) is 13.2. The molecule has 0 bridgehead atoms. The Morgan fingerprint density at radius 3 is 2.86 bits per heavy atom. The number of anilines is 1. The van der Waals surface area contributed by atoms with Gasteiger partial charge in [-0.1, -0.05) is 6.07 Å². The molecule has 1 N–H and O–H groups in total. The maximum Gasteiger partial charge on any atom is 0.259 e. The molecule has 0 saturated carbocycles. The summed E-state index contributed by atoms with van der Waals surface area (Å²) < 4.78 is 1.79. The minimum absolute atomic E-state index is 0.103. The van der Waals surface area contributed by atoms with Gasteiger partial charge in [0.1, 0.15) is 0 Å². The first kappa shape index (κ1) is 15.1. The van der Waals surface area contributed by atoms with Crippen molar-refractivity contribution in [3.63, 3.8) is 0 Å². The summed E-state index contributed by atoms with van der Waals surface area (Å²) in [7, 11) is 0. The number of benzene rings is 1. The van der Waals surface area contributed by atoms with Crippen LogP contribution in [0.1, 0.15) is 39.3 Å². The van der Waals surface area contributed by atoms with Gasteiger partial charge in [-0.15, -0.1) is 11.6 Å². The number of carbonyl (C=O) groups excluding carboxylic acids is 1. The molecule has 0 fully saturated rings. The number of aromatic nitrogens is 2. The minimum Gasteiger partial charge on any atom is -0.322 e. The van der Waals surface area contributed by atoms with E-state index < -0.39 is 0 Å². The van der Waals surface area contributed by atoms with Crippen LogP contribution < -0.4 is 5.32 Å². The van der Waals surface area contributed by atoms with E-state index in [1.54, 1.807) is 4.68 Å². The fraction of sp³-hybridized carbons (Fsp3) is 0.412. The number of alkyl halides is 1. The van der Waals surface area contributed by atoms with Crippen LogP contribution in [0.3, 0.4) is 0 Å². The van der Waals surface area contributed by atoms with Crippen molar-refractivity contribution in [2.45, 2.75) is 39.7 Å². The minimum atomic E-state index is -0.103. The highest BCUT2D eigenvalue weighted by molar-refractivity contribution is 6.17. The van der Waals surface area contributed by atoms with E-state index in [0.717, 1.165) is 29.9 Å². The van der Waals surface area contributed by atoms with Crippen molar-refractivity contribution in [1.82, 2.24) is 9.78 Å². The van der Waals surface area contributed by atoms with Gasteiger partial charge in [0.05, 0.1) is 17.8 Å². The van der Waals surface area contributed by atoms with Crippen LogP contribution in [-0.4, -0.2) is 21.6 Å². The molecule has 0 unspecified atom stereocenters. The summed E-state index contributed by atoms with van der Waals surface area (Å²) >= 11 is 5.77. The predicted molar refractivity (Wildman–Crippen MR) is 88.8 cm³/mol. The van der Waals surface area contributed by atoms with Gasteiger partial charge < -0.3 is 5.32 Å². The molecule has 1 amide bonds. The fourth-order valence-corrected chi connectivity index (χ4v) is 3.33. The van der Waals surface area contributed by atoms with Crippen molar-refractivity contribution >= 4 is 23.2 Å². The smallest absolute Gasteiger partial charge is 0.259 e. The van der Waals surface area contributed by atoms with Gasteiger partial charge in [0.2, 0.25) is 0 Å². The van der Waals surface area contributed by atoms with Crippen molar-refractivity contribution in [2.75, 3.05) is 11.2 Å². The Kier molecular flexibility index (Phi) is 4.21. The molecular formula is C17H20ClN3O. The number of halogens is 1. The van der Waals surface area contributed by atoms with Gasteiger partial charge in [-0.2, -0.15) is 5.10 Å². The topological polar surface area (TPSA) is 46.9 Å². The van der Waals surface area contributed by atoms with E-state index in [0.29, 0.717) is 18.0 Å². The highest BCUT2D eigenvalue weighted by Gasteiger charge is 2.19. The molecular weight excluding hydrogens is 298 g/mol. The molecule has 0 aliphatic heterocycles.